The predicted molar refractivity (Wildman–Crippen MR) is 123 cm³/mol. The van der Waals surface area contributed by atoms with Crippen molar-refractivity contribution in [1.82, 2.24) is 5.32 Å². The summed E-state index contributed by atoms with van der Waals surface area (Å²) >= 11 is 6.23. The maximum absolute atomic E-state index is 10.8. The minimum atomic E-state index is -0.421. The van der Waals surface area contributed by atoms with Gasteiger partial charge in [0.1, 0.15) is 18.1 Å². The Hall–Kier alpha value is -2.57. The molecule has 0 fully saturated rings. The topological polar surface area (TPSA) is 97.4 Å². The highest BCUT2D eigenvalue weighted by Gasteiger charge is 2.08. The van der Waals surface area contributed by atoms with Crippen LogP contribution in [-0.2, 0) is 4.79 Å². The molecular weight excluding hydrogens is 402 g/mol. The Bertz CT molecular complexity index is 770. The van der Waals surface area contributed by atoms with E-state index in [-0.39, 0.29) is 6.42 Å². The fourth-order valence-corrected chi connectivity index (χ4v) is 2.70. The zero-order chi connectivity index (χ0) is 22.2. The second kappa shape index (κ2) is 15.3. The van der Waals surface area contributed by atoms with E-state index in [0.29, 0.717) is 48.2 Å². The van der Waals surface area contributed by atoms with Gasteiger partial charge in [-0.2, -0.15) is 0 Å². The summed E-state index contributed by atoms with van der Waals surface area (Å²) in [7, 11) is 0. The lowest BCUT2D eigenvalue weighted by atomic mass is 10.1. The van der Waals surface area contributed by atoms with E-state index in [2.05, 4.69) is 5.32 Å². The molecule has 0 unspecified atom stereocenters. The van der Waals surface area contributed by atoms with Gasteiger partial charge in [0, 0.05) is 18.7 Å². The van der Waals surface area contributed by atoms with Crippen molar-refractivity contribution in [2.24, 2.45) is 5.73 Å². The van der Waals surface area contributed by atoms with Crippen LogP contribution in [0.4, 0.5) is 0 Å². The zero-order valence-corrected chi connectivity index (χ0v) is 18.5. The summed E-state index contributed by atoms with van der Waals surface area (Å²) in [6.45, 7) is 6.67. The molecule has 7 heteroatoms. The number of amides is 1. The molecule has 164 valence electrons. The molecule has 0 aliphatic rings. The van der Waals surface area contributed by atoms with Crippen molar-refractivity contribution >= 4 is 23.2 Å². The van der Waals surface area contributed by atoms with E-state index in [0.717, 1.165) is 18.7 Å². The van der Waals surface area contributed by atoms with Crippen molar-refractivity contribution in [3.63, 3.8) is 0 Å². The molecule has 4 N–H and O–H groups in total. The number of ether oxygens (including phenoxy) is 2. The van der Waals surface area contributed by atoms with Crippen molar-refractivity contribution in [3.8, 4) is 11.5 Å². The number of nitrogens with one attached hydrogen (secondary N) is 2. The summed E-state index contributed by atoms with van der Waals surface area (Å²) in [5.74, 6) is 1.03. The van der Waals surface area contributed by atoms with Gasteiger partial charge in [-0.25, -0.2) is 0 Å². The summed E-state index contributed by atoms with van der Waals surface area (Å²) in [6.07, 6.45) is 1.35. The maximum Gasteiger partial charge on any atom is 0.217 e. The van der Waals surface area contributed by atoms with Crippen molar-refractivity contribution < 1.29 is 14.3 Å². The largest absolute Gasteiger partial charge is 0.494 e. The number of benzene rings is 2. The van der Waals surface area contributed by atoms with Crippen LogP contribution in [0.15, 0.2) is 48.5 Å². The number of carbonyl (C=O) groups excluding carboxylic acids is 1. The predicted octanol–water partition coefficient (Wildman–Crippen LogP) is 4.44. The van der Waals surface area contributed by atoms with Gasteiger partial charge in [0.05, 0.1) is 11.6 Å². The average Bonchev–Trinajstić information content (AvgIpc) is 2.76. The van der Waals surface area contributed by atoms with Crippen LogP contribution in [0.2, 0.25) is 5.02 Å². The normalized spacial score (nSPS) is 9.97. The number of para-hydroxylation sites is 1. The van der Waals surface area contributed by atoms with Gasteiger partial charge in [-0.3, -0.25) is 4.79 Å². The van der Waals surface area contributed by atoms with Gasteiger partial charge in [-0.1, -0.05) is 43.6 Å². The van der Waals surface area contributed by atoms with Gasteiger partial charge in [-0.15, -0.1) is 0 Å². The molecule has 1 amide bonds. The van der Waals surface area contributed by atoms with Crippen molar-refractivity contribution in [2.45, 2.75) is 33.1 Å². The molecule has 0 aliphatic carbocycles. The average molecular weight is 434 g/mol. The summed E-state index contributed by atoms with van der Waals surface area (Å²) in [6, 6.07) is 14.9. The van der Waals surface area contributed by atoms with Gasteiger partial charge in [0.25, 0.3) is 0 Å². The Labute approximate surface area is 184 Å². The minimum absolute atomic E-state index is 0.150. The molecule has 0 saturated heterocycles. The summed E-state index contributed by atoms with van der Waals surface area (Å²) in [4.78, 5) is 10.8. The number of carbonyl (C=O) groups is 1. The Morgan fingerprint density at radius 1 is 1.03 bits per heavy atom. The van der Waals surface area contributed by atoms with Crippen LogP contribution in [0.1, 0.15) is 38.7 Å². The molecule has 0 spiro atoms. The van der Waals surface area contributed by atoms with E-state index in [1.165, 1.54) is 0 Å². The van der Waals surface area contributed by atoms with Crippen LogP contribution >= 0.6 is 11.6 Å². The number of hydrogen-bond donors (Lipinski definition) is 3. The third-order valence-corrected chi connectivity index (χ3v) is 4.24. The van der Waals surface area contributed by atoms with Crippen LogP contribution in [0.25, 0.3) is 0 Å². The second-order valence-corrected chi connectivity index (χ2v) is 6.61. The first-order valence-corrected chi connectivity index (χ1v) is 10.6. The van der Waals surface area contributed by atoms with Crippen LogP contribution in [-0.4, -0.2) is 37.9 Å². The van der Waals surface area contributed by atoms with Crippen molar-refractivity contribution in [1.29, 1.82) is 5.41 Å². The molecule has 0 aliphatic heterocycles. The summed E-state index contributed by atoms with van der Waals surface area (Å²) in [5, 5.41) is 11.7. The molecule has 0 atom stereocenters. The smallest absolute Gasteiger partial charge is 0.217 e. The molecule has 0 bridgehead atoms. The van der Waals surface area contributed by atoms with E-state index >= 15 is 0 Å². The van der Waals surface area contributed by atoms with E-state index in [4.69, 9.17) is 32.2 Å². The molecule has 2 aromatic carbocycles. The lowest BCUT2D eigenvalue weighted by Crippen LogP contribution is -2.23. The SMILES string of the molecule is CC.N=C(CCC(N)=O)c1ccc(OCCNCCCOc2ccccc2)c(Cl)c1. The highest BCUT2D eigenvalue weighted by atomic mass is 35.5. The lowest BCUT2D eigenvalue weighted by Gasteiger charge is -2.11. The highest BCUT2D eigenvalue weighted by Crippen LogP contribution is 2.26. The first kappa shape index (κ1) is 25.5. The number of hydrogen-bond acceptors (Lipinski definition) is 5. The molecule has 0 radical (unpaired) electrons. The number of halogens is 1. The van der Waals surface area contributed by atoms with Gasteiger partial charge >= 0.3 is 0 Å². The first-order chi connectivity index (χ1) is 14.6. The third-order valence-electron chi connectivity index (χ3n) is 3.95. The van der Waals surface area contributed by atoms with Gasteiger partial charge < -0.3 is 25.9 Å². The van der Waals surface area contributed by atoms with E-state index in [1.807, 2.05) is 44.2 Å². The molecule has 6 nitrogen and oxygen atoms in total. The fourth-order valence-electron chi connectivity index (χ4n) is 2.46. The summed E-state index contributed by atoms with van der Waals surface area (Å²) < 4.78 is 11.3. The van der Waals surface area contributed by atoms with Gasteiger partial charge in [0.15, 0.2) is 0 Å². The standard InChI is InChI=1S/C21H26ClN3O3.C2H6/c22-18-15-16(19(23)8-10-21(24)26)7-9-20(18)28-14-12-25-11-4-13-27-17-5-2-1-3-6-17;1-2/h1-3,5-7,9,15,23,25H,4,8,10-14H2,(H2,24,26);1-2H3. The molecule has 2 rings (SSSR count). The monoisotopic (exact) mass is 433 g/mol. The van der Waals surface area contributed by atoms with Crippen LogP contribution in [0.5, 0.6) is 11.5 Å². The van der Waals surface area contributed by atoms with Crippen LogP contribution in [0.3, 0.4) is 0 Å². The zero-order valence-electron chi connectivity index (χ0n) is 17.7. The van der Waals surface area contributed by atoms with Crippen molar-refractivity contribution in [2.75, 3.05) is 26.3 Å². The quantitative estimate of drug-likeness (QED) is 0.321. The molecule has 0 heterocycles. The van der Waals surface area contributed by atoms with E-state index < -0.39 is 5.91 Å². The maximum atomic E-state index is 10.8. The Morgan fingerprint density at radius 3 is 2.43 bits per heavy atom. The van der Waals surface area contributed by atoms with Crippen LogP contribution in [0, 0.1) is 5.41 Å². The van der Waals surface area contributed by atoms with Crippen molar-refractivity contribution in [3.05, 3.63) is 59.1 Å². The number of primary amides is 1. The van der Waals surface area contributed by atoms with Gasteiger partial charge in [-0.05, 0) is 55.3 Å². The molecule has 30 heavy (non-hydrogen) atoms. The highest BCUT2D eigenvalue weighted by molar-refractivity contribution is 6.32. The number of nitrogens with two attached hydrogens (primary N) is 1. The molecule has 2 aromatic rings. The summed E-state index contributed by atoms with van der Waals surface area (Å²) in [5.41, 5.74) is 6.10. The Morgan fingerprint density at radius 2 is 1.77 bits per heavy atom. The Balaban J connectivity index is 0.00000218. The Kier molecular flexibility index (Phi) is 13.0. The molecule has 0 aromatic heterocycles. The second-order valence-electron chi connectivity index (χ2n) is 6.20. The first-order valence-electron chi connectivity index (χ1n) is 10.2. The van der Waals surface area contributed by atoms with E-state index in [9.17, 15) is 4.79 Å². The minimum Gasteiger partial charge on any atom is -0.494 e. The third kappa shape index (κ3) is 10.3. The van der Waals surface area contributed by atoms with Gasteiger partial charge in [0.2, 0.25) is 5.91 Å². The number of rotatable bonds is 13. The molecule has 0 saturated carbocycles. The molecular formula is C23H32ClN3O3. The van der Waals surface area contributed by atoms with E-state index in [1.54, 1.807) is 18.2 Å². The lowest BCUT2D eigenvalue weighted by molar-refractivity contribution is -0.117. The van der Waals surface area contributed by atoms with Crippen LogP contribution < -0.4 is 20.5 Å². The fraction of sp³-hybridized carbons (Fsp3) is 0.391.